The Balaban J connectivity index is 2.33. The maximum atomic E-state index is 13.0. The minimum Gasteiger partial charge on any atom is -0.493 e. The monoisotopic (exact) mass is 420 g/mol. The van der Waals surface area contributed by atoms with Gasteiger partial charge in [0, 0.05) is 12.6 Å². The molecule has 1 N–H and O–H groups in total. The van der Waals surface area contributed by atoms with Gasteiger partial charge >= 0.3 is 0 Å². The lowest BCUT2D eigenvalue weighted by atomic mass is 10.0. The summed E-state index contributed by atoms with van der Waals surface area (Å²) in [5, 5.41) is 3.03. The molecule has 0 saturated carbocycles. The summed E-state index contributed by atoms with van der Waals surface area (Å²) in [5.41, 5.74) is 2.39. The fourth-order valence-electron chi connectivity index (χ4n) is 3.12. The van der Waals surface area contributed by atoms with Crippen molar-refractivity contribution >= 4 is 21.6 Å². The van der Waals surface area contributed by atoms with Crippen molar-refractivity contribution in [1.29, 1.82) is 0 Å². The molecule has 0 spiro atoms. The Morgan fingerprint density at radius 3 is 2.34 bits per heavy atom. The Hall–Kier alpha value is -2.74. The average Bonchev–Trinajstić information content (AvgIpc) is 2.70. The van der Waals surface area contributed by atoms with Crippen molar-refractivity contribution < 1.29 is 22.7 Å². The van der Waals surface area contributed by atoms with Crippen LogP contribution in [0.2, 0.25) is 0 Å². The number of ether oxygens (including phenoxy) is 2. The highest BCUT2D eigenvalue weighted by Gasteiger charge is 2.21. The van der Waals surface area contributed by atoms with E-state index in [1.165, 1.54) is 11.4 Å². The van der Waals surface area contributed by atoms with Gasteiger partial charge in [0.25, 0.3) is 5.91 Å². The van der Waals surface area contributed by atoms with Crippen molar-refractivity contribution in [2.75, 3.05) is 31.8 Å². The van der Waals surface area contributed by atoms with Gasteiger partial charge in [-0.15, -0.1) is 0 Å². The molecular formula is C21H28N2O5S. The van der Waals surface area contributed by atoms with Gasteiger partial charge in [0.2, 0.25) is 10.0 Å². The second kappa shape index (κ2) is 9.17. The van der Waals surface area contributed by atoms with Crippen molar-refractivity contribution in [1.82, 2.24) is 5.32 Å². The van der Waals surface area contributed by atoms with Crippen LogP contribution in [-0.4, -0.2) is 41.8 Å². The number of amides is 1. The number of methoxy groups -OCH3 is 2. The van der Waals surface area contributed by atoms with E-state index in [0.29, 0.717) is 34.7 Å². The van der Waals surface area contributed by atoms with Crippen LogP contribution in [0.1, 0.15) is 40.9 Å². The molecule has 2 aromatic rings. The normalized spacial score (nSPS) is 12.2. The van der Waals surface area contributed by atoms with Gasteiger partial charge in [0.1, 0.15) is 0 Å². The Morgan fingerprint density at radius 1 is 1.14 bits per heavy atom. The van der Waals surface area contributed by atoms with Gasteiger partial charge in [-0.3, -0.25) is 9.10 Å². The average molecular weight is 421 g/mol. The van der Waals surface area contributed by atoms with Crippen LogP contribution in [0.15, 0.2) is 36.4 Å². The summed E-state index contributed by atoms with van der Waals surface area (Å²) >= 11 is 0. The van der Waals surface area contributed by atoms with Gasteiger partial charge in [0.05, 0.1) is 32.2 Å². The zero-order valence-corrected chi connectivity index (χ0v) is 18.5. The third-order valence-corrected chi connectivity index (χ3v) is 6.10. The topological polar surface area (TPSA) is 84.9 Å². The molecular weight excluding hydrogens is 392 g/mol. The molecule has 0 unspecified atom stereocenters. The second-order valence-electron chi connectivity index (χ2n) is 6.73. The molecule has 0 heterocycles. The molecule has 158 valence electrons. The molecule has 7 nitrogen and oxygen atoms in total. The van der Waals surface area contributed by atoms with E-state index in [1.807, 2.05) is 19.1 Å². The number of benzene rings is 2. The van der Waals surface area contributed by atoms with Crippen LogP contribution in [0, 0.1) is 6.92 Å². The highest BCUT2D eigenvalue weighted by Crippen LogP contribution is 2.31. The Bertz CT molecular complexity index is 989. The number of hydrogen-bond acceptors (Lipinski definition) is 5. The minimum absolute atomic E-state index is 0.238. The van der Waals surface area contributed by atoms with E-state index >= 15 is 0 Å². The summed E-state index contributed by atoms with van der Waals surface area (Å²) in [5.74, 6) is 0.934. The first-order valence-corrected chi connectivity index (χ1v) is 11.0. The molecule has 0 aromatic heterocycles. The molecule has 0 aliphatic heterocycles. The lowest BCUT2D eigenvalue weighted by Gasteiger charge is -2.22. The van der Waals surface area contributed by atoms with Crippen LogP contribution >= 0.6 is 0 Å². The van der Waals surface area contributed by atoms with Crippen LogP contribution in [0.4, 0.5) is 5.69 Å². The molecule has 8 heteroatoms. The number of nitrogens with zero attached hydrogens (tertiary/aromatic N) is 1. The summed E-state index contributed by atoms with van der Waals surface area (Å²) in [4.78, 5) is 13.0. The number of rotatable bonds is 8. The summed E-state index contributed by atoms with van der Waals surface area (Å²) in [6, 6.07) is 10.3. The van der Waals surface area contributed by atoms with Crippen LogP contribution in [0.5, 0.6) is 11.5 Å². The molecule has 0 bridgehead atoms. The second-order valence-corrected chi connectivity index (χ2v) is 8.74. The molecule has 0 aliphatic carbocycles. The van der Waals surface area contributed by atoms with Crippen molar-refractivity contribution in [2.24, 2.45) is 0 Å². The smallest absolute Gasteiger partial charge is 0.252 e. The van der Waals surface area contributed by atoms with Crippen molar-refractivity contribution in [3.8, 4) is 11.5 Å². The van der Waals surface area contributed by atoms with E-state index in [2.05, 4.69) is 5.32 Å². The Morgan fingerprint density at radius 2 is 1.79 bits per heavy atom. The van der Waals surface area contributed by atoms with E-state index in [0.717, 1.165) is 11.8 Å². The summed E-state index contributed by atoms with van der Waals surface area (Å²) in [7, 11) is 1.17. The van der Waals surface area contributed by atoms with Gasteiger partial charge in [-0.25, -0.2) is 8.42 Å². The standard InChI is InChI=1S/C21H28N2O5S/c1-7-17(15-11-12-19(27-4)20(13-15)28-5)22-21(24)16-9-8-10-18(14(16)2)23(3)29(6,25)26/h8-13,17H,7H2,1-6H3,(H,22,24)/t17-/m1/s1. The largest absolute Gasteiger partial charge is 0.493 e. The number of carbonyl (C=O) groups excluding carboxylic acids is 1. The SMILES string of the molecule is CC[C@@H](NC(=O)c1cccc(N(C)S(C)(=O)=O)c1C)c1ccc(OC)c(OC)c1. The molecule has 0 saturated heterocycles. The van der Waals surface area contributed by atoms with Crippen LogP contribution < -0.4 is 19.1 Å². The number of hydrogen-bond donors (Lipinski definition) is 1. The van der Waals surface area contributed by atoms with E-state index in [9.17, 15) is 13.2 Å². The molecule has 2 aromatic carbocycles. The molecule has 1 amide bonds. The Kier molecular flexibility index (Phi) is 7.13. The van der Waals surface area contributed by atoms with Crippen LogP contribution in [-0.2, 0) is 10.0 Å². The first-order chi connectivity index (χ1) is 13.6. The molecule has 0 radical (unpaired) electrons. The molecule has 1 atom stereocenters. The van der Waals surface area contributed by atoms with Crippen molar-refractivity contribution in [3.05, 3.63) is 53.1 Å². The van der Waals surface area contributed by atoms with Gasteiger partial charge < -0.3 is 14.8 Å². The van der Waals surface area contributed by atoms with Crippen molar-refractivity contribution in [2.45, 2.75) is 26.3 Å². The lowest BCUT2D eigenvalue weighted by Crippen LogP contribution is -2.30. The third-order valence-electron chi connectivity index (χ3n) is 4.91. The zero-order chi connectivity index (χ0) is 21.8. The number of carbonyl (C=O) groups is 1. The first kappa shape index (κ1) is 22.5. The highest BCUT2D eigenvalue weighted by atomic mass is 32.2. The van der Waals surface area contributed by atoms with Gasteiger partial charge in [-0.1, -0.05) is 19.1 Å². The summed E-state index contributed by atoms with van der Waals surface area (Å²) in [6.45, 7) is 3.71. The number of anilines is 1. The van der Waals surface area contributed by atoms with E-state index in [4.69, 9.17) is 9.47 Å². The molecule has 0 fully saturated rings. The Labute approximate surface area is 172 Å². The lowest BCUT2D eigenvalue weighted by molar-refractivity contribution is 0.0935. The van der Waals surface area contributed by atoms with Gasteiger partial charge in [-0.05, 0) is 48.7 Å². The van der Waals surface area contributed by atoms with Gasteiger partial charge in [0.15, 0.2) is 11.5 Å². The third kappa shape index (κ3) is 5.00. The fourth-order valence-corrected chi connectivity index (χ4v) is 3.67. The van der Waals surface area contributed by atoms with E-state index < -0.39 is 10.0 Å². The fraction of sp³-hybridized carbons (Fsp3) is 0.381. The number of sulfonamides is 1. The van der Waals surface area contributed by atoms with Crippen LogP contribution in [0.25, 0.3) is 0 Å². The predicted molar refractivity (Wildman–Crippen MR) is 114 cm³/mol. The van der Waals surface area contributed by atoms with E-state index in [1.54, 1.807) is 45.4 Å². The first-order valence-electron chi connectivity index (χ1n) is 9.20. The zero-order valence-electron chi connectivity index (χ0n) is 17.6. The predicted octanol–water partition coefficient (Wildman–Crippen LogP) is 3.29. The molecule has 29 heavy (non-hydrogen) atoms. The maximum Gasteiger partial charge on any atom is 0.252 e. The van der Waals surface area contributed by atoms with Gasteiger partial charge in [-0.2, -0.15) is 0 Å². The van der Waals surface area contributed by atoms with E-state index in [-0.39, 0.29) is 11.9 Å². The summed E-state index contributed by atoms with van der Waals surface area (Å²) in [6.07, 6.45) is 1.80. The number of nitrogens with one attached hydrogen (secondary N) is 1. The maximum absolute atomic E-state index is 13.0. The minimum atomic E-state index is -3.43. The highest BCUT2D eigenvalue weighted by molar-refractivity contribution is 7.92. The molecule has 2 rings (SSSR count). The summed E-state index contributed by atoms with van der Waals surface area (Å²) < 4.78 is 35.6. The quantitative estimate of drug-likeness (QED) is 0.708. The van der Waals surface area contributed by atoms with Crippen LogP contribution in [0.3, 0.4) is 0 Å². The van der Waals surface area contributed by atoms with Crippen molar-refractivity contribution in [3.63, 3.8) is 0 Å². The molecule has 0 aliphatic rings.